The van der Waals surface area contributed by atoms with Crippen molar-refractivity contribution in [2.75, 3.05) is 11.9 Å². The highest BCUT2D eigenvalue weighted by molar-refractivity contribution is 5.96. The van der Waals surface area contributed by atoms with Crippen molar-refractivity contribution in [2.24, 2.45) is 5.92 Å². The van der Waals surface area contributed by atoms with Gasteiger partial charge in [-0.2, -0.15) is 0 Å². The minimum absolute atomic E-state index is 0.00978. The molecule has 3 N–H and O–H groups in total. The normalized spacial score (nSPS) is 14.4. The predicted molar refractivity (Wildman–Crippen MR) is 86.2 cm³/mol. The molecule has 0 spiro atoms. The monoisotopic (exact) mass is 318 g/mol. The zero-order valence-electron chi connectivity index (χ0n) is 13.0. The van der Waals surface area contributed by atoms with Gasteiger partial charge in [-0.15, -0.1) is 0 Å². The number of carbonyl (C=O) groups is 3. The Kier molecular flexibility index (Phi) is 6.14. The molecule has 1 aliphatic rings. The van der Waals surface area contributed by atoms with Crippen molar-refractivity contribution >= 4 is 23.5 Å². The van der Waals surface area contributed by atoms with Crippen LogP contribution in [0.1, 0.15) is 48.9 Å². The molecule has 2 amide bonds. The van der Waals surface area contributed by atoms with E-state index < -0.39 is 5.97 Å². The van der Waals surface area contributed by atoms with Gasteiger partial charge in [-0.1, -0.05) is 12.8 Å². The van der Waals surface area contributed by atoms with Gasteiger partial charge in [-0.3, -0.25) is 14.4 Å². The molecule has 0 saturated heterocycles. The predicted octanol–water partition coefficient (Wildman–Crippen LogP) is 2.41. The highest BCUT2D eigenvalue weighted by Gasteiger charge is 2.18. The van der Waals surface area contributed by atoms with Crippen LogP contribution in [-0.2, 0) is 9.59 Å². The van der Waals surface area contributed by atoms with Crippen LogP contribution in [0.3, 0.4) is 0 Å². The average molecular weight is 318 g/mol. The van der Waals surface area contributed by atoms with Crippen molar-refractivity contribution in [3.8, 4) is 0 Å². The van der Waals surface area contributed by atoms with Gasteiger partial charge in [-0.25, -0.2) is 0 Å². The summed E-state index contributed by atoms with van der Waals surface area (Å²) in [5, 5.41) is 13.9. The number of anilines is 1. The van der Waals surface area contributed by atoms with Crippen LogP contribution in [0.5, 0.6) is 0 Å². The summed E-state index contributed by atoms with van der Waals surface area (Å²) >= 11 is 0. The lowest BCUT2D eigenvalue weighted by molar-refractivity contribution is -0.136. The molecule has 0 aliphatic heterocycles. The molecule has 2 rings (SSSR count). The molecule has 0 radical (unpaired) electrons. The minimum atomic E-state index is -0.953. The maximum Gasteiger partial charge on any atom is 0.305 e. The smallest absolute Gasteiger partial charge is 0.305 e. The molecular weight excluding hydrogens is 296 g/mol. The topological polar surface area (TPSA) is 95.5 Å². The second-order valence-corrected chi connectivity index (χ2v) is 5.88. The summed E-state index contributed by atoms with van der Waals surface area (Å²) in [6.45, 7) is 0.0913. The van der Waals surface area contributed by atoms with Crippen LogP contribution in [0, 0.1) is 5.92 Å². The summed E-state index contributed by atoms with van der Waals surface area (Å²) in [6, 6.07) is 6.58. The number of aliphatic carboxylic acids is 1. The van der Waals surface area contributed by atoms with Crippen LogP contribution >= 0.6 is 0 Å². The first-order valence-corrected chi connectivity index (χ1v) is 7.94. The fourth-order valence-electron chi connectivity index (χ4n) is 2.78. The maximum atomic E-state index is 11.9. The molecule has 1 fully saturated rings. The van der Waals surface area contributed by atoms with E-state index in [4.69, 9.17) is 5.11 Å². The maximum absolute atomic E-state index is 11.9. The summed E-state index contributed by atoms with van der Waals surface area (Å²) < 4.78 is 0. The van der Waals surface area contributed by atoms with Crippen LogP contribution in [0.15, 0.2) is 24.3 Å². The molecule has 1 saturated carbocycles. The molecule has 124 valence electrons. The van der Waals surface area contributed by atoms with E-state index in [1.807, 2.05) is 0 Å². The number of hydrogen-bond donors (Lipinski definition) is 3. The van der Waals surface area contributed by atoms with Gasteiger partial charge in [0.25, 0.3) is 5.91 Å². The SMILES string of the molecule is O=C(O)CCNC(=O)c1ccc(NC(=O)CC2CCCC2)cc1. The summed E-state index contributed by atoms with van der Waals surface area (Å²) in [4.78, 5) is 34.1. The number of carboxylic acid groups (broad SMARTS) is 1. The Bertz CT molecular complexity index is 562. The first kappa shape index (κ1) is 17.0. The molecule has 23 heavy (non-hydrogen) atoms. The standard InChI is InChI=1S/C17H22N2O4/c20-15(11-12-3-1-2-4-12)19-14-7-5-13(6-8-14)17(23)18-10-9-16(21)22/h5-8,12H,1-4,9-11H2,(H,18,23)(H,19,20)(H,21,22). The Morgan fingerprint density at radius 2 is 1.74 bits per heavy atom. The van der Waals surface area contributed by atoms with Gasteiger partial charge in [0.15, 0.2) is 0 Å². The third kappa shape index (κ3) is 5.73. The molecule has 0 bridgehead atoms. The number of carboxylic acids is 1. The molecule has 6 nitrogen and oxygen atoms in total. The lowest BCUT2D eigenvalue weighted by atomic mass is 10.0. The average Bonchev–Trinajstić information content (AvgIpc) is 3.00. The zero-order valence-corrected chi connectivity index (χ0v) is 13.0. The van der Waals surface area contributed by atoms with Crippen molar-refractivity contribution in [1.82, 2.24) is 5.32 Å². The van der Waals surface area contributed by atoms with E-state index in [2.05, 4.69) is 10.6 Å². The van der Waals surface area contributed by atoms with Gasteiger partial charge in [0.1, 0.15) is 0 Å². The highest BCUT2D eigenvalue weighted by atomic mass is 16.4. The van der Waals surface area contributed by atoms with Gasteiger partial charge in [0, 0.05) is 24.2 Å². The van der Waals surface area contributed by atoms with Crippen LogP contribution in [0.4, 0.5) is 5.69 Å². The van der Waals surface area contributed by atoms with Crippen molar-refractivity contribution in [3.05, 3.63) is 29.8 Å². The third-order valence-corrected chi connectivity index (χ3v) is 4.00. The molecule has 1 aromatic rings. The quantitative estimate of drug-likeness (QED) is 0.719. The minimum Gasteiger partial charge on any atom is -0.481 e. The van der Waals surface area contributed by atoms with Crippen molar-refractivity contribution in [3.63, 3.8) is 0 Å². The number of benzene rings is 1. The van der Waals surface area contributed by atoms with Crippen LogP contribution in [-0.4, -0.2) is 29.4 Å². The van der Waals surface area contributed by atoms with Crippen LogP contribution in [0.25, 0.3) is 0 Å². The van der Waals surface area contributed by atoms with Crippen LogP contribution < -0.4 is 10.6 Å². The van der Waals surface area contributed by atoms with E-state index in [0.29, 0.717) is 23.6 Å². The summed E-state index contributed by atoms with van der Waals surface area (Å²) in [5.41, 5.74) is 1.10. The lowest BCUT2D eigenvalue weighted by Gasteiger charge is -2.10. The van der Waals surface area contributed by atoms with Gasteiger partial charge >= 0.3 is 5.97 Å². The Morgan fingerprint density at radius 1 is 1.09 bits per heavy atom. The molecule has 0 atom stereocenters. The summed E-state index contributed by atoms with van der Waals surface area (Å²) in [6.07, 6.45) is 5.12. The Morgan fingerprint density at radius 3 is 2.35 bits per heavy atom. The van der Waals surface area contributed by atoms with E-state index in [-0.39, 0.29) is 24.8 Å². The van der Waals surface area contributed by atoms with E-state index in [9.17, 15) is 14.4 Å². The highest BCUT2D eigenvalue weighted by Crippen LogP contribution is 2.27. The molecular formula is C17H22N2O4. The van der Waals surface area contributed by atoms with E-state index in [1.165, 1.54) is 12.8 Å². The van der Waals surface area contributed by atoms with Crippen molar-refractivity contribution in [2.45, 2.75) is 38.5 Å². The number of rotatable bonds is 7. The zero-order chi connectivity index (χ0) is 16.7. The number of nitrogens with one attached hydrogen (secondary N) is 2. The van der Waals surface area contributed by atoms with E-state index in [0.717, 1.165) is 12.8 Å². The fourth-order valence-corrected chi connectivity index (χ4v) is 2.78. The molecule has 1 aliphatic carbocycles. The first-order valence-electron chi connectivity index (χ1n) is 7.94. The molecule has 0 heterocycles. The van der Waals surface area contributed by atoms with Crippen molar-refractivity contribution in [1.29, 1.82) is 0 Å². The van der Waals surface area contributed by atoms with E-state index >= 15 is 0 Å². The molecule has 1 aromatic carbocycles. The number of amides is 2. The third-order valence-electron chi connectivity index (χ3n) is 4.00. The van der Waals surface area contributed by atoms with Gasteiger partial charge in [-0.05, 0) is 43.0 Å². The largest absolute Gasteiger partial charge is 0.481 e. The number of hydrogen-bond acceptors (Lipinski definition) is 3. The van der Waals surface area contributed by atoms with Gasteiger partial charge < -0.3 is 15.7 Å². The Hall–Kier alpha value is -2.37. The first-order chi connectivity index (χ1) is 11.0. The fraction of sp³-hybridized carbons (Fsp3) is 0.471. The lowest BCUT2D eigenvalue weighted by Crippen LogP contribution is -2.25. The van der Waals surface area contributed by atoms with Crippen LogP contribution in [0.2, 0.25) is 0 Å². The second-order valence-electron chi connectivity index (χ2n) is 5.88. The van der Waals surface area contributed by atoms with Gasteiger partial charge in [0.2, 0.25) is 5.91 Å². The molecule has 0 unspecified atom stereocenters. The molecule has 0 aromatic heterocycles. The Balaban J connectivity index is 1.80. The second kappa shape index (κ2) is 8.31. The molecule has 6 heteroatoms. The summed E-state index contributed by atoms with van der Waals surface area (Å²) in [7, 11) is 0. The number of carbonyl (C=O) groups excluding carboxylic acids is 2. The van der Waals surface area contributed by atoms with E-state index in [1.54, 1.807) is 24.3 Å². The van der Waals surface area contributed by atoms with Gasteiger partial charge in [0.05, 0.1) is 6.42 Å². The Labute approximate surface area is 135 Å². The summed E-state index contributed by atoms with van der Waals surface area (Å²) in [5.74, 6) is -0.773. The van der Waals surface area contributed by atoms with Crippen molar-refractivity contribution < 1.29 is 19.5 Å².